The fourth-order valence-corrected chi connectivity index (χ4v) is 2.52. The Morgan fingerprint density at radius 3 is 2.52 bits per heavy atom. The molecule has 1 fully saturated rings. The van der Waals surface area contributed by atoms with Crippen LogP contribution < -0.4 is 5.32 Å². The van der Waals surface area contributed by atoms with Gasteiger partial charge in [0.1, 0.15) is 6.10 Å². The van der Waals surface area contributed by atoms with Gasteiger partial charge in [-0.3, -0.25) is 4.79 Å². The van der Waals surface area contributed by atoms with Gasteiger partial charge in [-0.1, -0.05) is 24.3 Å². The molecule has 2 aromatic carbocycles. The maximum absolute atomic E-state index is 12.1. The minimum Gasteiger partial charge on any atom is -0.478 e. The molecule has 0 aliphatic carbocycles. The second kappa shape index (κ2) is 5.54. The number of fused-ring (bicyclic) bond motifs is 1. The van der Waals surface area contributed by atoms with Gasteiger partial charge in [0, 0.05) is 6.61 Å². The third-order valence-corrected chi connectivity index (χ3v) is 3.60. The van der Waals surface area contributed by atoms with Gasteiger partial charge in [-0.2, -0.15) is 0 Å². The Bertz CT molecular complexity index is 704. The fraction of sp³-hybridized carbons (Fsp3) is 0.250. The van der Waals surface area contributed by atoms with Crippen molar-refractivity contribution in [3.8, 4) is 0 Å². The van der Waals surface area contributed by atoms with Crippen molar-refractivity contribution in [2.75, 3.05) is 11.9 Å². The van der Waals surface area contributed by atoms with Crippen LogP contribution >= 0.6 is 0 Å². The number of carbonyl (C=O) groups excluding carboxylic acids is 1. The first kappa shape index (κ1) is 13.6. The van der Waals surface area contributed by atoms with Gasteiger partial charge in [-0.25, -0.2) is 4.79 Å². The number of hydrogen-bond donors (Lipinski definition) is 2. The minimum atomic E-state index is -1.07. The molecule has 1 atom stereocenters. The van der Waals surface area contributed by atoms with Crippen LogP contribution in [0.3, 0.4) is 0 Å². The zero-order valence-electron chi connectivity index (χ0n) is 11.3. The van der Waals surface area contributed by atoms with E-state index >= 15 is 0 Å². The van der Waals surface area contributed by atoms with Crippen molar-refractivity contribution in [1.29, 1.82) is 0 Å². The first-order valence-corrected chi connectivity index (χ1v) is 6.84. The Labute approximate surface area is 121 Å². The second-order valence-electron chi connectivity index (χ2n) is 5.04. The van der Waals surface area contributed by atoms with Gasteiger partial charge in [0.15, 0.2) is 0 Å². The highest BCUT2D eigenvalue weighted by Crippen LogP contribution is 2.25. The Morgan fingerprint density at radius 2 is 1.90 bits per heavy atom. The predicted octanol–water partition coefficient (Wildman–Crippen LogP) is 2.66. The molecule has 0 aromatic heterocycles. The van der Waals surface area contributed by atoms with Crippen LogP contribution in [-0.2, 0) is 9.53 Å². The van der Waals surface area contributed by atoms with Gasteiger partial charge in [0.05, 0.1) is 11.3 Å². The molecular formula is C16H15NO4. The number of nitrogens with one attached hydrogen (secondary N) is 1. The van der Waals surface area contributed by atoms with Crippen LogP contribution in [0.4, 0.5) is 5.69 Å². The lowest BCUT2D eigenvalue weighted by atomic mass is 10.0. The number of ether oxygens (including phenoxy) is 1. The lowest BCUT2D eigenvalue weighted by Gasteiger charge is -2.13. The first-order chi connectivity index (χ1) is 10.1. The highest BCUT2D eigenvalue weighted by atomic mass is 16.5. The number of hydrogen-bond acceptors (Lipinski definition) is 3. The van der Waals surface area contributed by atoms with E-state index in [9.17, 15) is 14.7 Å². The number of benzene rings is 2. The Kier molecular flexibility index (Phi) is 3.58. The third-order valence-electron chi connectivity index (χ3n) is 3.60. The van der Waals surface area contributed by atoms with Crippen LogP contribution in [0.5, 0.6) is 0 Å². The SMILES string of the molecule is O=C(O)c1cc2ccccc2cc1NC(=O)[C@H]1CCCO1. The molecule has 108 valence electrons. The number of amides is 1. The molecule has 0 unspecified atom stereocenters. The quantitative estimate of drug-likeness (QED) is 0.909. The van der Waals surface area contributed by atoms with E-state index in [0.717, 1.165) is 17.2 Å². The van der Waals surface area contributed by atoms with Gasteiger partial charge in [0.25, 0.3) is 5.91 Å². The van der Waals surface area contributed by atoms with Crippen LogP contribution in [0.1, 0.15) is 23.2 Å². The topological polar surface area (TPSA) is 75.6 Å². The molecule has 1 heterocycles. The summed E-state index contributed by atoms with van der Waals surface area (Å²) in [6.07, 6.45) is 1.03. The van der Waals surface area contributed by atoms with E-state index < -0.39 is 12.1 Å². The zero-order valence-corrected chi connectivity index (χ0v) is 11.3. The third kappa shape index (κ3) is 2.73. The fourth-order valence-electron chi connectivity index (χ4n) is 2.52. The first-order valence-electron chi connectivity index (χ1n) is 6.84. The van der Waals surface area contributed by atoms with Gasteiger partial charge in [0.2, 0.25) is 0 Å². The molecule has 0 spiro atoms. The standard InChI is InChI=1S/C16H15NO4/c18-15(14-6-3-7-21-14)17-13-9-11-5-2-1-4-10(11)8-12(13)16(19)20/h1-2,4-5,8-9,14H,3,6-7H2,(H,17,18)(H,19,20)/t14-/m1/s1. The van der Waals surface area contributed by atoms with Crippen LogP contribution in [0.25, 0.3) is 10.8 Å². The van der Waals surface area contributed by atoms with Crippen molar-refractivity contribution < 1.29 is 19.4 Å². The van der Waals surface area contributed by atoms with E-state index in [1.165, 1.54) is 0 Å². The lowest BCUT2D eigenvalue weighted by Crippen LogP contribution is -2.27. The average Bonchev–Trinajstić information content (AvgIpc) is 3.00. The molecule has 21 heavy (non-hydrogen) atoms. The number of anilines is 1. The Balaban J connectivity index is 1.97. The molecule has 0 radical (unpaired) electrons. The molecule has 1 amide bonds. The minimum absolute atomic E-state index is 0.0834. The maximum Gasteiger partial charge on any atom is 0.337 e. The summed E-state index contributed by atoms with van der Waals surface area (Å²) in [4.78, 5) is 23.5. The van der Waals surface area contributed by atoms with Gasteiger partial charge in [-0.05, 0) is 35.7 Å². The molecule has 3 rings (SSSR count). The van der Waals surface area contributed by atoms with Gasteiger partial charge < -0.3 is 15.2 Å². The molecule has 1 saturated heterocycles. The van der Waals surface area contributed by atoms with Crippen molar-refractivity contribution in [3.63, 3.8) is 0 Å². The smallest absolute Gasteiger partial charge is 0.337 e. The highest BCUT2D eigenvalue weighted by Gasteiger charge is 2.25. The van der Waals surface area contributed by atoms with Crippen LogP contribution in [0, 0.1) is 0 Å². The van der Waals surface area contributed by atoms with Crippen LogP contribution in [0.2, 0.25) is 0 Å². The largest absolute Gasteiger partial charge is 0.478 e. The van der Waals surface area contributed by atoms with Crippen LogP contribution in [-0.4, -0.2) is 29.7 Å². The van der Waals surface area contributed by atoms with Crippen molar-refractivity contribution in [3.05, 3.63) is 42.0 Å². The number of carboxylic acid groups (broad SMARTS) is 1. The van der Waals surface area contributed by atoms with Crippen molar-refractivity contribution in [2.45, 2.75) is 18.9 Å². The summed E-state index contributed by atoms with van der Waals surface area (Å²) in [6, 6.07) is 10.7. The molecule has 0 bridgehead atoms. The molecule has 5 nitrogen and oxygen atoms in total. The van der Waals surface area contributed by atoms with Crippen molar-refractivity contribution in [2.24, 2.45) is 0 Å². The summed E-state index contributed by atoms with van der Waals surface area (Å²) in [5.41, 5.74) is 0.391. The lowest BCUT2D eigenvalue weighted by molar-refractivity contribution is -0.124. The van der Waals surface area contributed by atoms with Crippen molar-refractivity contribution >= 4 is 28.3 Å². The summed E-state index contributed by atoms with van der Waals surface area (Å²) >= 11 is 0. The van der Waals surface area contributed by atoms with Crippen LogP contribution in [0.15, 0.2) is 36.4 Å². The van der Waals surface area contributed by atoms with Gasteiger partial charge >= 0.3 is 5.97 Å². The summed E-state index contributed by atoms with van der Waals surface area (Å²) in [5, 5.41) is 13.7. The molecular weight excluding hydrogens is 270 g/mol. The summed E-state index contributed by atoms with van der Waals surface area (Å²) < 4.78 is 5.32. The van der Waals surface area contributed by atoms with Crippen molar-refractivity contribution in [1.82, 2.24) is 0 Å². The van der Waals surface area contributed by atoms with Gasteiger partial charge in [-0.15, -0.1) is 0 Å². The maximum atomic E-state index is 12.1. The van der Waals surface area contributed by atoms with E-state index in [0.29, 0.717) is 18.7 Å². The molecule has 1 aliphatic rings. The normalized spacial score (nSPS) is 17.8. The molecule has 2 N–H and O–H groups in total. The zero-order chi connectivity index (χ0) is 14.8. The highest BCUT2D eigenvalue weighted by molar-refractivity contribution is 6.06. The number of carboxylic acids is 1. The predicted molar refractivity (Wildman–Crippen MR) is 78.5 cm³/mol. The van der Waals surface area contributed by atoms with E-state index in [1.54, 1.807) is 12.1 Å². The molecule has 0 saturated carbocycles. The van der Waals surface area contributed by atoms with E-state index in [1.807, 2.05) is 24.3 Å². The number of aromatic carboxylic acids is 1. The summed E-state index contributed by atoms with van der Waals surface area (Å²) in [5.74, 6) is -1.35. The number of rotatable bonds is 3. The Hall–Kier alpha value is -2.40. The van der Waals surface area contributed by atoms with E-state index in [2.05, 4.69) is 5.32 Å². The van der Waals surface area contributed by atoms with E-state index in [-0.39, 0.29) is 11.5 Å². The second-order valence-corrected chi connectivity index (χ2v) is 5.04. The monoisotopic (exact) mass is 285 g/mol. The summed E-state index contributed by atoms with van der Waals surface area (Å²) in [6.45, 7) is 0.571. The molecule has 1 aliphatic heterocycles. The Morgan fingerprint density at radius 1 is 1.19 bits per heavy atom. The summed E-state index contributed by atoms with van der Waals surface area (Å²) in [7, 11) is 0. The number of carbonyl (C=O) groups is 2. The average molecular weight is 285 g/mol. The molecule has 5 heteroatoms. The van der Waals surface area contributed by atoms with E-state index in [4.69, 9.17) is 4.74 Å². The molecule has 2 aromatic rings.